The number of hydrogen-bond donors (Lipinski definition) is 1. The van der Waals surface area contributed by atoms with Crippen molar-refractivity contribution in [2.45, 2.75) is 0 Å². The number of hydrogen-bond acceptors (Lipinski definition) is 6. The first-order valence-electron chi connectivity index (χ1n) is 5.70. The summed E-state index contributed by atoms with van der Waals surface area (Å²) in [7, 11) is 1.39. The van der Waals surface area contributed by atoms with Gasteiger partial charge in [0.2, 0.25) is 5.75 Å². The summed E-state index contributed by atoms with van der Waals surface area (Å²) in [4.78, 5) is 25.0. The Kier molecular flexibility index (Phi) is 3.98. The Morgan fingerprint density at radius 3 is 2.67 bits per heavy atom. The highest BCUT2D eigenvalue weighted by Crippen LogP contribution is 2.34. The van der Waals surface area contributed by atoms with Crippen LogP contribution in [0.2, 0.25) is 0 Å². The van der Waals surface area contributed by atoms with E-state index in [1.165, 1.54) is 37.6 Å². The highest BCUT2D eigenvalue weighted by molar-refractivity contribution is 5.87. The number of nitro benzene ring substituents is 1. The molecule has 0 radical (unpaired) electrons. The molecular formula is C13H10N2O6. The number of carboxylic acid groups (broad SMARTS) is 1. The van der Waals surface area contributed by atoms with Crippen molar-refractivity contribution in [2.75, 3.05) is 7.11 Å². The Labute approximate surface area is 118 Å². The number of pyridine rings is 1. The van der Waals surface area contributed by atoms with Crippen LogP contribution in [0.25, 0.3) is 0 Å². The molecule has 8 heteroatoms. The van der Waals surface area contributed by atoms with Gasteiger partial charge >= 0.3 is 11.7 Å². The Hall–Kier alpha value is -3.16. The highest BCUT2D eigenvalue weighted by Gasteiger charge is 2.18. The Morgan fingerprint density at radius 1 is 1.29 bits per heavy atom. The molecule has 0 amide bonds. The standard InChI is InChI=1S/C13H10N2O6/c1-20-9-2-3-12(11(5-9)15(18)19)21-10-4-8(13(16)17)6-14-7-10/h2-7H,1H3,(H,16,17). The van der Waals surface area contributed by atoms with E-state index in [4.69, 9.17) is 14.6 Å². The van der Waals surface area contributed by atoms with E-state index in [1.807, 2.05) is 0 Å². The lowest BCUT2D eigenvalue weighted by molar-refractivity contribution is -0.385. The van der Waals surface area contributed by atoms with Crippen molar-refractivity contribution in [1.82, 2.24) is 4.98 Å². The third-order valence-corrected chi connectivity index (χ3v) is 2.55. The molecule has 0 fully saturated rings. The van der Waals surface area contributed by atoms with Crippen LogP contribution in [0.5, 0.6) is 17.2 Å². The smallest absolute Gasteiger partial charge is 0.337 e. The van der Waals surface area contributed by atoms with Gasteiger partial charge in [-0.3, -0.25) is 15.1 Å². The van der Waals surface area contributed by atoms with Gasteiger partial charge in [0, 0.05) is 6.20 Å². The number of methoxy groups -OCH3 is 1. The lowest BCUT2D eigenvalue weighted by Crippen LogP contribution is -1.99. The van der Waals surface area contributed by atoms with Crippen LogP contribution in [0.4, 0.5) is 5.69 Å². The summed E-state index contributed by atoms with van der Waals surface area (Å²) in [6.07, 6.45) is 2.41. The molecule has 2 aromatic rings. The zero-order valence-corrected chi connectivity index (χ0v) is 10.8. The molecule has 2 rings (SSSR count). The first kappa shape index (κ1) is 14.3. The minimum atomic E-state index is -1.17. The summed E-state index contributed by atoms with van der Waals surface area (Å²) >= 11 is 0. The van der Waals surface area contributed by atoms with E-state index in [9.17, 15) is 14.9 Å². The molecule has 0 atom stereocenters. The quantitative estimate of drug-likeness (QED) is 0.664. The topological polar surface area (TPSA) is 112 Å². The van der Waals surface area contributed by atoms with E-state index in [0.717, 1.165) is 6.20 Å². The maximum atomic E-state index is 11.0. The van der Waals surface area contributed by atoms with Gasteiger partial charge in [0.1, 0.15) is 11.5 Å². The normalized spacial score (nSPS) is 9.95. The number of nitrogens with zero attached hydrogens (tertiary/aromatic N) is 2. The monoisotopic (exact) mass is 290 g/mol. The van der Waals surface area contributed by atoms with Crippen molar-refractivity contribution < 1.29 is 24.3 Å². The van der Waals surface area contributed by atoms with E-state index in [2.05, 4.69) is 4.98 Å². The van der Waals surface area contributed by atoms with Gasteiger partial charge in [-0.1, -0.05) is 0 Å². The first-order valence-corrected chi connectivity index (χ1v) is 5.70. The molecule has 0 unspecified atom stereocenters. The molecule has 0 aliphatic carbocycles. The maximum absolute atomic E-state index is 11.0. The lowest BCUT2D eigenvalue weighted by atomic mass is 10.2. The van der Waals surface area contributed by atoms with Crippen LogP contribution in [0.15, 0.2) is 36.7 Å². The average Bonchev–Trinajstić information content (AvgIpc) is 2.47. The van der Waals surface area contributed by atoms with Gasteiger partial charge in [0.25, 0.3) is 0 Å². The van der Waals surface area contributed by atoms with Gasteiger partial charge in [-0.15, -0.1) is 0 Å². The molecule has 108 valence electrons. The number of rotatable bonds is 5. The van der Waals surface area contributed by atoms with Crippen molar-refractivity contribution in [2.24, 2.45) is 0 Å². The second-order valence-electron chi connectivity index (χ2n) is 3.91. The fraction of sp³-hybridized carbons (Fsp3) is 0.0769. The molecule has 1 heterocycles. The summed E-state index contributed by atoms with van der Waals surface area (Å²) in [5.41, 5.74) is -0.376. The van der Waals surface area contributed by atoms with E-state index in [-0.39, 0.29) is 22.7 Å². The number of nitro groups is 1. The second-order valence-corrected chi connectivity index (χ2v) is 3.91. The Morgan fingerprint density at radius 2 is 2.05 bits per heavy atom. The zero-order valence-electron chi connectivity index (χ0n) is 10.8. The summed E-state index contributed by atoms with van der Waals surface area (Å²) in [5.74, 6) is -0.808. The van der Waals surface area contributed by atoms with Gasteiger partial charge < -0.3 is 14.6 Å². The van der Waals surface area contributed by atoms with Crippen molar-refractivity contribution in [3.8, 4) is 17.2 Å². The highest BCUT2D eigenvalue weighted by atomic mass is 16.6. The predicted molar refractivity (Wildman–Crippen MR) is 70.9 cm³/mol. The maximum Gasteiger partial charge on any atom is 0.337 e. The molecule has 0 spiro atoms. The van der Waals surface area contributed by atoms with Crippen LogP contribution < -0.4 is 9.47 Å². The minimum absolute atomic E-state index is 0.0369. The summed E-state index contributed by atoms with van der Waals surface area (Å²) in [5, 5.41) is 19.9. The number of benzene rings is 1. The van der Waals surface area contributed by atoms with Crippen molar-refractivity contribution in [3.63, 3.8) is 0 Å². The average molecular weight is 290 g/mol. The molecule has 8 nitrogen and oxygen atoms in total. The molecule has 0 aliphatic rings. The SMILES string of the molecule is COc1ccc(Oc2cncc(C(=O)O)c2)c([N+](=O)[O-])c1. The van der Waals surface area contributed by atoms with E-state index in [0.29, 0.717) is 5.75 Å². The molecular weight excluding hydrogens is 280 g/mol. The van der Waals surface area contributed by atoms with Gasteiger partial charge in [-0.25, -0.2) is 4.79 Å². The summed E-state index contributed by atoms with van der Waals surface area (Å²) < 4.78 is 10.2. The fourth-order valence-corrected chi connectivity index (χ4v) is 1.57. The van der Waals surface area contributed by atoms with Gasteiger partial charge in [0.15, 0.2) is 0 Å². The van der Waals surface area contributed by atoms with Crippen LogP contribution >= 0.6 is 0 Å². The number of carbonyl (C=O) groups is 1. The van der Waals surface area contributed by atoms with E-state index < -0.39 is 10.9 Å². The summed E-state index contributed by atoms with van der Waals surface area (Å²) in [6.45, 7) is 0. The van der Waals surface area contributed by atoms with Crippen LogP contribution in [0.3, 0.4) is 0 Å². The molecule has 0 saturated carbocycles. The number of carboxylic acids is 1. The third-order valence-electron chi connectivity index (χ3n) is 2.55. The molecule has 1 N–H and O–H groups in total. The first-order chi connectivity index (χ1) is 10.0. The molecule has 0 aliphatic heterocycles. The van der Waals surface area contributed by atoms with Gasteiger partial charge in [-0.2, -0.15) is 0 Å². The van der Waals surface area contributed by atoms with Crippen molar-refractivity contribution >= 4 is 11.7 Å². The van der Waals surface area contributed by atoms with Crippen molar-refractivity contribution in [1.29, 1.82) is 0 Å². The predicted octanol–water partition coefficient (Wildman–Crippen LogP) is 2.49. The number of aromatic carboxylic acids is 1. The molecule has 21 heavy (non-hydrogen) atoms. The fourth-order valence-electron chi connectivity index (χ4n) is 1.57. The third kappa shape index (κ3) is 3.24. The number of ether oxygens (including phenoxy) is 2. The van der Waals surface area contributed by atoms with Crippen LogP contribution in [-0.4, -0.2) is 28.1 Å². The molecule has 1 aromatic carbocycles. The van der Waals surface area contributed by atoms with Gasteiger partial charge in [0.05, 0.1) is 29.9 Å². The molecule has 0 bridgehead atoms. The lowest BCUT2D eigenvalue weighted by Gasteiger charge is -2.07. The van der Waals surface area contributed by atoms with Crippen LogP contribution in [0.1, 0.15) is 10.4 Å². The largest absolute Gasteiger partial charge is 0.496 e. The molecule has 1 aromatic heterocycles. The summed E-state index contributed by atoms with van der Waals surface area (Å²) in [6, 6.07) is 5.30. The minimum Gasteiger partial charge on any atom is -0.496 e. The van der Waals surface area contributed by atoms with Crippen LogP contribution in [0, 0.1) is 10.1 Å². The van der Waals surface area contributed by atoms with E-state index in [1.54, 1.807) is 0 Å². The second kappa shape index (κ2) is 5.87. The van der Waals surface area contributed by atoms with E-state index >= 15 is 0 Å². The van der Waals surface area contributed by atoms with Crippen molar-refractivity contribution in [3.05, 3.63) is 52.3 Å². The zero-order chi connectivity index (χ0) is 15.4. The molecule has 0 saturated heterocycles. The Bertz CT molecular complexity index is 701. The van der Waals surface area contributed by atoms with Gasteiger partial charge in [-0.05, 0) is 18.2 Å². The van der Waals surface area contributed by atoms with Crippen LogP contribution in [-0.2, 0) is 0 Å². The Balaban J connectivity index is 2.37. The number of aromatic nitrogens is 1.